The molecule has 23 heavy (non-hydrogen) atoms. The van der Waals surface area contributed by atoms with Gasteiger partial charge in [0.15, 0.2) is 6.61 Å². The minimum absolute atomic E-state index is 0.0494. The van der Waals surface area contributed by atoms with Crippen molar-refractivity contribution in [1.82, 2.24) is 8.75 Å². The number of hydrogen-bond acceptors (Lipinski definition) is 7. The van der Waals surface area contributed by atoms with E-state index < -0.39 is 18.5 Å². The van der Waals surface area contributed by atoms with Gasteiger partial charge < -0.3 is 15.2 Å². The van der Waals surface area contributed by atoms with Crippen molar-refractivity contribution >= 4 is 40.3 Å². The fourth-order valence-electron chi connectivity index (χ4n) is 1.94. The molecule has 0 bridgehead atoms. The van der Waals surface area contributed by atoms with E-state index in [2.05, 4.69) is 14.1 Å². The summed E-state index contributed by atoms with van der Waals surface area (Å²) in [6.45, 7) is -0.442. The van der Waals surface area contributed by atoms with Crippen molar-refractivity contribution < 1.29 is 19.4 Å². The van der Waals surface area contributed by atoms with Crippen LogP contribution in [0.2, 0.25) is 0 Å². The SMILES string of the molecule is O=C(COC(=O)c1cccc(O)c1)Nc1cccc2nsnc12. The van der Waals surface area contributed by atoms with Gasteiger partial charge in [-0.05, 0) is 30.3 Å². The number of aromatic nitrogens is 2. The van der Waals surface area contributed by atoms with Gasteiger partial charge in [0, 0.05) is 0 Å². The number of amides is 1. The maximum Gasteiger partial charge on any atom is 0.338 e. The highest BCUT2D eigenvalue weighted by atomic mass is 32.1. The van der Waals surface area contributed by atoms with Crippen LogP contribution in [0.3, 0.4) is 0 Å². The molecule has 2 aromatic carbocycles. The molecule has 0 saturated carbocycles. The standard InChI is InChI=1S/C15H11N3O4S/c19-10-4-1-3-9(7-10)15(21)22-8-13(20)16-11-5-2-6-12-14(11)18-23-17-12/h1-7,19H,8H2,(H,16,20). The van der Waals surface area contributed by atoms with Gasteiger partial charge in [-0.25, -0.2) is 4.79 Å². The molecule has 3 rings (SSSR count). The van der Waals surface area contributed by atoms with Crippen molar-refractivity contribution in [3.8, 4) is 5.75 Å². The Balaban J connectivity index is 1.62. The van der Waals surface area contributed by atoms with Gasteiger partial charge in [0.2, 0.25) is 0 Å². The summed E-state index contributed by atoms with van der Waals surface area (Å²) in [6, 6.07) is 10.9. The summed E-state index contributed by atoms with van der Waals surface area (Å²) >= 11 is 1.05. The van der Waals surface area contributed by atoms with Crippen LogP contribution in [0.1, 0.15) is 10.4 Å². The van der Waals surface area contributed by atoms with Crippen LogP contribution in [0.5, 0.6) is 5.75 Å². The van der Waals surface area contributed by atoms with Crippen molar-refractivity contribution in [3.63, 3.8) is 0 Å². The quantitative estimate of drug-likeness (QED) is 0.712. The number of nitrogens with one attached hydrogen (secondary N) is 1. The number of phenols is 1. The number of carbonyl (C=O) groups excluding carboxylic acids is 2. The van der Waals surface area contributed by atoms with Crippen LogP contribution < -0.4 is 5.32 Å². The number of rotatable bonds is 4. The van der Waals surface area contributed by atoms with Crippen molar-refractivity contribution in [3.05, 3.63) is 48.0 Å². The summed E-state index contributed by atoms with van der Waals surface area (Å²) in [7, 11) is 0. The molecule has 0 aliphatic carbocycles. The third-order valence-electron chi connectivity index (χ3n) is 2.98. The number of phenolic OH excluding ortho intramolecular Hbond substituents is 1. The van der Waals surface area contributed by atoms with E-state index in [0.717, 1.165) is 11.7 Å². The monoisotopic (exact) mass is 329 g/mol. The largest absolute Gasteiger partial charge is 0.508 e. The van der Waals surface area contributed by atoms with Crippen LogP contribution in [0, 0.1) is 0 Å². The molecule has 0 radical (unpaired) electrons. The highest BCUT2D eigenvalue weighted by Crippen LogP contribution is 2.21. The third-order valence-corrected chi connectivity index (χ3v) is 3.52. The predicted octanol–water partition coefficient (Wildman–Crippen LogP) is 2.19. The van der Waals surface area contributed by atoms with E-state index in [4.69, 9.17) is 4.74 Å². The molecule has 8 heteroatoms. The van der Waals surface area contributed by atoms with Gasteiger partial charge in [-0.15, -0.1) is 0 Å². The minimum atomic E-state index is -0.690. The fourth-order valence-corrected chi connectivity index (χ4v) is 2.49. The van der Waals surface area contributed by atoms with Crippen LogP contribution in [0.4, 0.5) is 5.69 Å². The van der Waals surface area contributed by atoms with Gasteiger partial charge in [-0.1, -0.05) is 12.1 Å². The zero-order chi connectivity index (χ0) is 16.2. The number of hydrogen-bond donors (Lipinski definition) is 2. The normalized spacial score (nSPS) is 10.4. The Morgan fingerprint density at radius 3 is 2.83 bits per heavy atom. The van der Waals surface area contributed by atoms with Crippen molar-refractivity contribution in [2.75, 3.05) is 11.9 Å². The molecule has 0 atom stereocenters. The van der Waals surface area contributed by atoms with Crippen LogP contribution in [-0.2, 0) is 9.53 Å². The van der Waals surface area contributed by atoms with Gasteiger partial charge >= 0.3 is 5.97 Å². The number of carbonyl (C=O) groups is 2. The maximum atomic E-state index is 11.9. The second kappa shape index (κ2) is 6.41. The Morgan fingerprint density at radius 1 is 1.17 bits per heavy atom. The van der Waals surface area contributed by atoms with Crippen molar-refractivity contribution in [1.29, 1.82) is 0 Å². The highest BCUT2D eigenvalue weighted by Gasteiger charge is 2.12. The van der Waals surface area contributed by atoms with Gasteiger partial charge in [0.05, 0.1) is 23.0 Å². The highest BCUT2D eigenvalue weighted by molar-refractivity contribution is 7.00. The first-order valence-corrected chi connectivity index (χ1v) is 7.34. The lowest BCUT2D eigenvalue weighted by atomic mass is 10.2. The minimum Gasteiger partial charge on any atom is -0.508 e. The molecule has 0 aliphatic rings. The molecule has 1 amide bonds. The van der Waals surface area contributed by atoms with Gasteiger partial charge in [0.1, 0.15) is 16.8 Å². The number of aromatic hydroxyl groups is 1. The number of anilines is 1. The molecule has 0 unspecified atom stereocenters. The van der Waals surface area contributed by atoms with Crippen LogP contribution in [0.15, 0.2) is 42.5 Å². The van der Waals surface area contributed by atoms with E-state index in [0.29, 0.717) is 16.7 Å². The molecule has 2 N–H and O–H groups in total. The van der Waals surface area contributed by atoms with Crippen molar-refractivity contribution in [2.24, 2.45) is 0 Å². The predicted molar refractivity (Wildman–Crippen MR) is 84.4 cm³/mol. The fraction of sp³-hybridized carbons (Fsp3) is 0.0667. The zero-order valence-electron chi connectivity index (χ0n) is 11.7. The smallest absolute Gasteiger partial charge is 0.338 e. The molecule has 0 fully saturated rings. The van der Waals surface area contributed by atoms with Crippen LogP contribution >= 0.6 is 11.7 Å². The number of ether oxygens (including phenoxy) is 1. The Morgan fingerprint density at radius 2 is 2.00 bits per heavy atom. The first-order chi connectivity index (χ1) is 11.1. The molecular formula is C15H11N3O4S. The first kappa shape index (κ1) is 14.9. The molecule has 7 nitrogen and oxygen atoms in total. The van der Waals surface area contributed by atoms with Crippen molar-refractivity contribution in [2.45, 2.75) is 0 Å². The van der Waals surface area contributed by atoms with E-state index in [1.807, 2.05) is 0 Å². The van der Waals surface area contributed by atoms with Gasteiger partial charge in [-0.2, -0.15) is 8.75 Å². The average molecular weight is 329 g/mol. The number of nitrogens with zero attached hydrogens (tertiary/aromatic N) is 2. The zero-order valence-corrected chi connectivity index (χ0v) is 12.5. The Labute approximate surface area is 134 Å². The second-order valence-electron chi connectivity index (χ2n) is 4.61. The van der Waals surface area contributed by atoms with Gasteiger partial charge in [0.25, 0.3) is 5.91 Å². The third kappa shape index (κ3) is 3.43. The lowest BCUT2D eigenvalue weighted by Gasteiger charge is -2.07. The lowest BCUT2D eigenvalue weighted by Crippen LogP contribution is -2.21. The van der Waals surface area contributed by atoms with Crippen LogP contribution in [0.25, 0.3) is 11.0 Å². The van der Waals surface area contributed by atoms with E-state index >= 15 is 0 Å². The molecule has 1 heterocycles. The number of esters is 1. The summed E-state index contributed by atoms with van der Waals surface area (Å²) in [4.78, 5) is 23.7. The van der Waals surface area contributed by atoms with E-state index in [1.54, 1.807) is 18.2 Å². The molecule has 116 valence electrons. The molecule has 0 spiro atoms. The molecule has 3 aromatic rings. The molecule has 0 saturated heterocycles. The Kier molecular flexibility index (Phi) is 4.15. The molecule has 1 aromatic heterocycles. The first-order valence-electron chi connectivity index (χ1n) is 6.61. The second-order valence-corrected chi connectivity index (χ2v) is 5.14. The summed E-state index contributed by atoms with van der Waals surface area (Å²) in [5.74, 6) is -1.23. The molecular weight excluding hydrogens is 318 g/mol. The molecule has 0 aliphatic heterocycles. The summed E-state index contributed by atoms with van der Waals surface area (Å²) in [6.07, 6.45) is 0. The summed E-state index contributed by atoms with van der Waals surface area (Å²) in [5.41, 5.74) is 1.95. The lowest BCUT2D eigenvalue weighted by molar-refractivity contribution is -0.119. The number of benzene rings is 2. The maximum absolute atomic E-state index is 11.9. The van der Waals surface area contributed by atoms with E-state index in [1.165, 1.54) is 24.3 Å². The summed E-state index contributed by atoms with van der Waals surface area (Å²) in [5, 5.41) is 11.9. The van der Waals surface area contributed by atoms with E-state index in [-0.39, 0.29) is 11.3 Å². The topological polar surface area (TPSA) is 101 Å². The Hall–Kier alpha value is -3.00. The Bertz CT molecular complexity index is 878. The van der Waals surface area contributed by atoms with Gasteiger partial charge in [-0.3, -0.25) is 4.79 Å². The van der Waals surface area contributed by atoms with Crippen LogP contribution in [-0.4, -0.2) is 32.3 Å². The van der Waals surface area contributed by atoms with E-state index in [9.17, 15) is 14.7 Å². The average Bonchev–Trinajstić information content (AvgIpc) is 3.02. The summed E-state index contributed by atoms with van der Waals surface area (Å²) < 4.78 is 13.1. The number of fused-ring (bicyclic) bond motifs is 1.